The fourth-order valence-electron chi connectivity index (χ4n) is 4.46. The highest BCUT2D eigenvalue weighted by molar-refractivity contribution is 9.10. The molecule has 0 bridgehead atoms. The number of rotatable bonds is 5. The van der Waals surface area contributed by atoms with Crippen LogP contribution in [0, 0.1) is 12.8 Å². The first-order valence-corrected chi connectivity index (χ1v) is 11.5. The van der Waals surface area contributed by atoms with E-state index in [2.05, 4.69) is 31.4 Å². The third-order valence-electron chi connectivity index (χ3n) is 6.21. The van der Waals surface area contributed by atoms with Crippen LogP contribution in [0.2, 0.25) is 0 Å². The number of aliphatic imine (C=N–C) groups is 1. The molecule has 4 atom stereocenters. The van der Waals surface area contributed by atoms with Gasteiger partial charge in [-0.15, -0.1) is 0 Å². The van der Waals surface area contributed by atoms with E-state index in [-0.39, 0.29) is 24.3 Å². The van der Waals surface area contributed by atoms with Gasteiger partial charge in [0.05, 0.1) is 17.8 Å². The topological polar surface area (TPSA) is 108 Å². The summed E-state index contributed by atoms with van der Waals surface area (Å²) in [6.07, 6.45) is -0.394. The van der Waals surface area contributed by atoms with Crippen molar-refractivity contribution in [2.45, 2.75) is 57.7 Å². The first-order valence-electron chi connectivity index (χ1n) is 10.7. The number of carbonyl (C=O) groups excluding carboxylic acids is 2. The summed E-state index contributed by atoms with van der Waals surface area (Å²) < 4.78 is 6.32. The van der Waals surface area contributed by atoms with Crippen LogP contribution < -0.4 is 5.32 Å². The standard InChI is InChI=1S/C23H27BrN4O4/c1-12(2)19(18-9-13(3)27-32-18)21(30)28-11-16(29)10-17(28)20-25-22(31)23(4,26-20)14-5-7-15(24)8-6-14/h5-9,12,16-17,19,29H,10-11H2,1-4H3,(H,25,26,31)/t16-,17-,19?,23+/m1/s1. The van der Waals surface area contributed by atoms with Crippen LogP contribution in [0.25, 0.3) is 0 Å². The Morgan fingerprint density at radius 1 is 1.34 bits per heavy atom. The van der Waals surface area contributed by atoms with E-state index in [1.807, 2.05) is 45.0 Å². The van der Waals surface area contributed by atoms with Gasteiger partial charge < -0.3 is 19.8 Å². The van der Waals surface area contributed by atoms with Crippen LogP contribution in [-0.2, 0) is 15.1 Å². The largest absolute Gasteiger partial charge is 0.391 e. The van der Waals surface area contributed by atoms with Crippen LogP contribution in [0.1, 0.15) is 50.1 Å². The summed E-state index contributed by atoms with van der Waals surface area (Å²) in [7, 11) is 0. The fraction of sp³-hybridized carbons (Fsp3) is 0.478. The van der Waals surface area contributed by atoms with Crippen molar-refractivity contribution in [1.82, 2.24) is 15.4 Å². The molecular formula is C23H27BrN4O4. The number of benzene rings is 1. The number of aryl methyl sites for hydroxylation is 1. The number of aliphatic hydroxyl groups excluding tert-OH is 1. The van der Waals surface area contributed by atoms with Crippen LogP contribution >= 0.6 is 15.9 Å². The number of carbonyl (C=O) groups is 2. The van der Waals surface area contributed by atoms with Gasteiger partial charge in [-0.05, 0) is 37.5 Å². The van der Waals surface area contributed by atoms with Crippen LogP contribution in [0.5, 0.6) is 0 Å². The van der Waals surface area contributed by atoms with Gasteiger partial charge in [-0.3, -0.25) is 9.59 Å². The summed E-state index contributed by atoms with van der Waals surface area (Å²) in [4.78, 5) is 32.4. The molecule has 1 saturated heterocycles. The van der Waals surface area contributed by atoms with Crippen molar-refractivity contribution in [1.29, 1.82) is 0 Å². The van der Waals surface area contributed by atoms with Gasteiger partial charge in [0.15, 0.2) is 0 Å². The summed E-state index contributed by atoms with van der Waals surface area (Å²) in [5.41, 5.74) is 0.449. The van der Waals surface area contributed by atoms with Gasteiger partial charge in [-0.2, -0.15) is 4.99 Å². The van der Waals surface area contributed by atoms with Crippen LogP contribution in [0.4, 0.5) is 0 Å². The molecule has 1 unspecified atom stereocenters. The molecular weight excluding hydrogens is 476 g/mol. The molecule has 2 aromatic rings. The van der Waals surface area contributed by atoms with E-state index in [4.69, 9.17) is 4.52 Å². The average molecular weight is 503 g/mol. The van der Waals surface area contributed by atoms with E-state index in [1.165, 1.54) is 0 Å². The summed E-state index contributed by atoms with van der Waals surface area (Å²) in [6, 6.07) is 8.71. The number of likely N-dealkylation sites (tertiary alicyclic amines) is 1. The Kier molecular flexibility index (Phi) is 5.98. The average Bonchev–Trinajstić information content (AvgIpc) is 3.40. The maximum absolute atomic E-state index is 13.6. The van der Waals surface area contributed by atoms with Gasteiger partial charge >= 0.3 is 0 Å². The van der Waals surface area contributed by atoms with Gasteiger partial charge in [0.25, 0.3) is 5.91 Å². The molecule has 170 valence electrons. The summed E-state index contributed by atoms with van der Waals surface area (Å²) in [5.74, 6) is -0.177. The molecule has 2 aliphatic heterocycles. The van der Waals surface area contributed by atoms with Crippen molar-refractivity contribution in [2.75, 3.05) is 6.54 Å². The molecule has 0 spiro atoms. The molecule has 2 N–H and O–H groups in total. The molecule has 0 aliphatic carbocycles. The van der Waals surface area contributed by atoms with Crippen LogP contribution in [0.3, 0.4) is 0 Å². The molecule has 32 heavy (non-hydrogen) atoms. The van der Waals surface area contributed by atoms with Crippen molar-refractivity contribution in [3.63, 3.8) is 0 Å². The predicted octanol–water partition coefficient (Wildman–Crippen LogP) is 2.89. The van der Waals surface area contributed by atoms with Crippen LogP contribution in [-0.4, -0.2) is 51.5 Å². The Hall–Kier alpha value is -2.52. The number of nitrogens with zero attached hydrogens (tertiary/aromatic N) is 3. The fourth-order valence-corrected chi connectivity index (χ4v) is 4.72. The number of amides is 2. The highest BCUT2D eigenvalue weighted by atomic mass is 79.9. The SMILES string of the molecule is Cc1cc(C(C(=O)N2C[C@H](O)C[C@@H]2C2=NC(=O)[C@](C)(c3ccc(Br)cc3)N2)C(C)C)on1. The number of hydrogen-bond acceptors (Lipinski definition) is 6. The minimum Gasteiger partial charge on any atom is -0.391 e. The number of halogens is 1. The number of nitrogens with one attached hydrogen (secondary N) is 1. The maximum atomic E-state index is 13.6. The van der Waals surface area contributed by atoms with Crippen molar-refractivity contribution < 1.29 is 19.2 Å². The van der Waals surface area contributed by atoms with Gasteiger partial charge in [-0.25, -0.2) is 0 Å². The zero-order valence-corrected chi connectivity index (χ0v) is 20.1. The van der Waals surface area contributed by atoms with Crippen molar-refractivity contribution >= 4 is 33.6 Å². The van der Waals surface area contributed by atoms with Gasteiger partial charge in [-0.1, -0.05) is 47.1 Å². The van der Waals surface area contributed by atoms with E-state index in [0.29, 0.717) is 23.7 Å². The second-order valence-electron chi connectivity index (χ2n) is 9.05. The van der Waals surface area contributed by atoms with Crippen LogP contribution in [0.15, 0.2) is 44.3 Å². The Labute approximate surface area is 195 Å². The van der Waals surface area contributed by atoms with Crippen molar-refractivity contribution in [2.24, 2.45) is 10.9 Å². The number of hydrogen-bond donors (Lipinski definition) is 2. The van der Waals surface area contributed by atoms with Crippen molar-refractivity contribution in [3.8, 4) is 0 Å². The molecule has 4 rings (SSSR count). The van der Waals surface area contributed by atoms with Gasteiger partial charge in [0.2, 0.25) is 5.91 Å². The molecule has 0 radical (unpaired) electrons. The Balaban J connectivity index is 1.61. The lowest BCUT2D eigenvalue weighted by Gasteiger charge is -2.31. The Morgan fingerprint density at radius 3 is 2.62 bits per heavy atom. The van der Waals surface area contributed by atoms with E-state index in [1.54, 1.807) is 17.9 Å². The highest BCUT2D eigenvalue weighted by Crippen LogP contribution is 2.34. The lowest BCUT2D eigenvalue weighted by molar-refractivity contribution is -0.134. The lowest BCUT2D eigenvalue weighted by Crippen LogP contribution is -2.51. The number of β-amino-alcohol motifs (C(OH)–C–C–N with tert-alkyl or cyclic N) is 1. The van der Waals surface area contributed by atoms with Gasteiger partial charge in [0.1, 0.15) is 23.1 Å². The second-order valence-corrected chi connectivity index (χ2v) is 9.96. The second kappa shape index (κ2) is 8.44. The number of aromatic nitrogens is 1. The maximum Gasteiger partial charge on any atom is 0.277 e. The number of amidine groups is 1. The van der Waals surface area contributed by atoms with E-state index < -0.39 is 23.6 Å². The molecule has 9 heteroatoms. The first kappa shape index (κ1) is 22.7. The molecule has 0 saturated carbocycles. The Bertz CT molecular complexity index is 1060. The highest BCUT2D eigenvalue weighted by Gasteiger charge is 2.48. The first-order chi connectivity index (χ1) is 15.1. The normalized spacial score (nSPS) is 26.4. The number of aliphatic hydroxyl groups is 1. The van der Waals surface area contributed by atoms with E-state index >= 15 is 0 Å². The quantitative estimate of drug-likeness (QED) is 0.650. The van der Waals surface area contributed by atoms with Crippen molar-refractivity contribution in [3.05, 3.63) is 51.8 Å². The van der Waals surface area contributed by atoms with E-state index in [9.17, 15) is 14.7 Å². The van der Waals surface area contributed by atoms with E-state index in [0.717, 1.165) is 10.0 Å². The van der Waals surface area contributed by atoms with Gasteiger partial charge in [0, 0.05) is 23.5 Å². The minimum absolute atomic E-state index is 0.0404. The lowest BCUT2D eigenvalue weighted by atomic mass is 9.91. The molecule has 2 aliphatic rings. The zero-order chi connectivity index (χ0) is 23.2. The molecule has 8 nitrogen and oxygen atoms in total. The monoisotopic (exact) mass is 502 g/mol. The third kappa shape index (κ3) is 3.99. The zero-order valence-electron chi connectivity index (χ0n) is 18.5. The summed E-state index contributed by atoms with van der Waals surface area (Å²) in [6.45, 7) is 7.65. The minimum atomic E-state index is -1.03. The third-order valence-corrected chi connectivity index (χ3v) is 6.74. The summed E-state index contributed by atoms with van der Waals surface area (Å²) in [5, 5.41) is 17.6. The molecule has 2 amide bonds. The molecule has 1 aromatic heterocycles. The molecule has 1 aromatic carbocycles. The Morgan fingerprint density at radius 2 is 2.03 bits per heavy atom. The summed E-state index contributed by atoms with van der Waals surface area (Å²) >= 11 is 3.41. The predicted molar refractivity (Wildman–Crippen MR) is 122 cm³/mol. The molecule has 1 fully saturated rings. The molecule has 3 heterocycles. The smallest absolute Gasteiger partial charge is 0.277 e.